The SMILES string of the molecule is CC.Cc1cnc(-c2ccc(-c3ccc(NC(=O)N(C)c4ccc(C#N)c(F)c4)cc3F)c3c2C(=O)NC3)[nH]1. The van der Waals surface area contributed by atoms with E-state index in [1.807, 2.05) is 20.8 Å². The van der Waals surface area contributed by atoms with E-state index >= 15 is 4.39 Å². The molecular weight excluding hydrogens is 502 g/mol. The fraction of sp³-hybridized carbons (Fsp3) is 0.172. The molecule has 0 unspecified atom stereocenters. The third kappa shape index (κ3) is 5.20. The summed E-state index contributed by atoms with van der Waals surface area (Å²) < 4.78 is 29.2. The van der Waals surface area contributed by atoms with Crippen LogP contribution < -0.4 is 15.5 Å². The smallest absolute Gasteiger partial charge is 0.326 e. The van der Waals surface area contributed by atoms with Crippen molar-refractivity contribution < 1.29 is 18.4 Å². The quantitative estimate of drug-likeness (QED) is 0.295. The molecular formula is C29H26F2N6O2. The Morgan fingerprint density at radius 1 is 1.05 bits per heavy atom. The fourth-order valence-corrected chi connectivity index (χ4v) is 4.29. The zero-order valence-electron chi connectivity index (χ0n) is 21.8. The molecule has 1 aliphatic heterocycles. The molecule has 3 N–H and O–H groups in total. The van der Waals surface area contributed by atoms with Gasteiger partial charge in [0.05, 0.1) is 11.1 Å². The Hall–Kier alpha value is -5.04. The van der Waals surface area contributed by atoms with Crippen molar-refractivity contribution in [3.05, 3.63) is 88.7 Å². The predicted molar refractivity (Wildman–Crippen MR) is 145 cm³/mol. The van der Waals surface area contributed by atoms with Gasteiger partial charge < -0.3 is 15.6 Å². The molecule has 0 aliphatic carbocycles. The van der Waals surface area contributed by atoms with Gasteiger partial charge in [-0.1, -0.05) is 19.9 Å². The van der Waals surface area contributed by atoms with E-state index in [4.69, 9.17) is 5.26 Å². The summed E-state index contributed by atoms with van der Waals surface area (Å²) in [5, 5.41) is 14.2. The molecule has 0 spiro atoms. The third-order valence-electron chi connectivity index (χ3n) is 6.20. The van der Waals surface area contributed by atoms with Crippen molar-refractivity contribution in [1.29, 1.82) is 5.26 Å². The zero-order chi connectivity index (χ0) is 28.3. The summed E-state index contributed by atoms with van der Waals surface area (Å²) >= 11 is 0. The number of urea groups is 1. The summed E-state index contributed by atoms with van der Waals surface area (Å²) in [6.07, 6.45) is 1.67. The summed E-state index contributed by atoms with van der Waals surface area (Å²) in [6.45, 7) is 6.11. The minimum absolute atomic E-state index is 0.133. The highest BCUT2D eigenvalue weighted by Crippen LogP contribution is 2.37. The maximum atomic E-state index is 15.3. The number of hydrogen-bond acceptors (Lipinski definition) is 4. The number of anilines is 2. The minimum Gasteiger partial charge on any atom is -0.348 e. The minimum atomic E-state index is -0.747. The van der Waals surface area contributed by atoms with Crippen LogP contribution in [0.15, 0.2) is 54.7 Å². The van der Waals surface area contributed by atoms with Gasteiger partial charge >= 0.3 is 6.03 Å². The Kier molecular flexibility index (Phi) is 7.72. The Morgan fingerprint density at radius 2 is 1.77 bits per heavy atom. The highest BCUT2D eigenvalue weighted by atomic mass is 19.1. The highest BCUT2D eigenvalue weighted by molar-refractivity contribution is 6.06. The van der Waals surface area contributed by atoms with Crippen molar-refractivity contribution in [2.24, 2.45) is 0 Å². The number of rotatable bonds is 4. The number of carbonyl (C=O) groups is 2. The average Bonchev–Trinajstić information content (AvgIpc) is 3.55. The summed E-state index contributed by atoms with van der Waals surface area (Å²) in [7, 11) is 1.43. The van der Waals surface area contributed by atoms with Crippen molar-refractivity contribution in [3.8, 4) is 28.6 Å². The Balaban J connectivity index is 0.00000172. The zero-order valence-corrected chi connectivity index (χ0v) is 21.8. The van der Waals surface area contributed by atoms with Gasteiger partial charge in [-0.25, -0.2) is 18.6 Å². The molecule has 8 nitrogen and oxygen atoms in total. The molecule has 3 aromatic carbocycles. The lowest BCUT2D eigenvalue weighted by Gasteiger charge is -2.19. The van der Waals surface area contributed by atoms with Crippen LogP contribution in [0.25, 0.3) is 22.5 Å². The number of aryl methyl sites for hydroxylation is 1. The number of imidazole rings is 1. The van der Waals surface area contributed by atoms with Crippen molar-refractivity contribution >= 4 is 23.3 Å². The normalized spacial score (nSPS) is 11.6. The molecule has 5 rings (SSSR count). The number of aromatic amines is 1. The first kappa shape index (κ1) is 27.0. The summed E-state index contributed by atoms with van der Waals surface area (Å²) in [5.74, 6) is -1.04. The molecule has 0 saturated carbocycles. The van der Waals surface area contributed by atoms with Crippen LogP contribution in [0.1, 0.15) is 41.0 Å². The van der Waals surface area contributed by atoms with Crippen molar-refractivity contribution in [1.82, 2.24) is 15.3 Å². The lowest BCUT2D eigenvalue weighted by molar-refractivity contribution is 0.0966. The number of benzene rings is 3. The molecule has 198 valence electrons. The number of nitriles is 1. The van der Waals surface area contributed by atoms with Gasteiger partial charge in [-0.05, 0) is 60.5 Å². The number of aromatic nitrogens is 2. The van der Waals surface area contributed by atoms with Gasteiger partial charge in [0.25, 0.3) is 5.91 Å². The van der Waals surface area contributed by atoms with Crippen molar-refractivity contribution in [3.63, 3.8) is 0 Å². The molecule has 0 radical (unpaired) electrons. The van der Waals surface area contributed by atoms with Crippen molar-refractivity contribution in [2.45, 2.75) is 27.3 Å². The standard InChI is InChI=1S/C27H20F2N6O2.C2H6/c1-14-12-31-25(33-14)20-8-7-18(21-13-32-26(36)24(20)21)19-6-4-16(9-23(19)29)34-27(37)35(2)17-5-3-15(11-30)22(28)10-17;1-2/h3-10,12H,13H2,1-2H3,(H,31,33)(H,32,36)(H,34,37);1-2H3. The highest BCUT2D eigenvalue weighted by Gasteiger charge is 2.28. The van der Waals surface area contributed by atoms with Crippen LogP contribution in [0, 0.1) is 29.9 Å². The number of fused-ring (bicyclic) bond motifs is 1. The largest absolute Gasteiger partial charge is 0.348 e. The fourth-order valence-electron chi connectivity index (χ4n) is 4.29. The number of amides is 3. The average molecular weight is 529 g/mol. The monoisotopic (exact) mass is 528 g/mol. The molecule has 4 aromatic rings. The second-order valence-corrected chi connectivity index (χ2v) is 8.57. The van der Waals surface area contributed by atoms with Gasteiger partial charge in [-0.3, -0.25) is 9.69 Å². The van der Waals surface area contributed by atoms with Crippen LogP contribution in [0.5, 0.6) is 0 Å². The van der Waals surface area contributed by atoms with E-state index in [0.717, 1.165) is 16.7 Å². The molecule has 1 aliphatic rings. The number of hydrogen-bond donors (Lipinski definition) is 3. The Morgan fingerprint density at radius 3 is 2.41 bits per heavy atom. The van der Waals surface area contributed by atoms with Crippen LogP contribution in [-0.4, -0.2) is 29.0 Å². The van der Waals surface area contributed by atoms with Gasteiger partial charge in [0.2, 0.25) is 0 Å². The first-order valence-corrected chi connectivity index (χ1v) is 12.3. The maximum Gasteiger partial charge on any atom is 0.326 e. The molecule has 10 heteroatoms. The van der Waals surface area contributed by atoms with Gasteiger partial charge in [0, 0.05) is 48.0 Å². The van der Waals surface area contributed by atoms with Crippen LogP contribution in [0.3, 0.4) is 0 Å². The molecule has 0 atom stereocenters. The van der Waals surface area contributed by atoms with Gasteiger partial charge in [-0.15, -0.1) is 0 Å². The van der Waals surface area contributed by atoms with E-state index < -0.39 is 17.7 Å². The maximum absolute atomic E-state index is 15.3. The lowest BCUT2D eigenvalue weighted by atomic mass is 9.92. The van der Waals surface area contributed by atoms with Crippen LogP contribution in [-0.2, 0) is 6.54 Å². The predicted octanol–water partition coefficient (Wildman–Crippen LogP) is 6.14. The number of H-pyrrole nitrogens is 1. The summed E-state index contributed by atoms with van der Waals surface area (Å²) in [5.41, 5.74) is 3.71. The Labute approximate surface area is 224 Å². The van der Waals surface area contributed by atoms with E-state index in [-0.39, 0.29) is 35.0 Å². The van der Waals surface area contributed by atoms with E-state index in [1.54, 1.807) is 30.5 Å². The number of nitrogens with zero attached hydrogens (tertiary/aromatic N) is 3. The molecule has 3 amide bonds. The number of carbonyl (C=O) groups excluding carboxylic acids is 2. The van der Waals surface area contributed by atoms with Crippen LogP contribution in [0.4, 0.5) is 25.0 Å². The second kappa shape index (κ2) is 11.1. The van der Waals surface area contributed by atoms with Gasteiger partial charge in [0.15, 0.2) is 0 Å². The first-order valence-electron chi connectivity index (χ1n) is 12.3. The Bertz CT molecular complexity index is 1620. The number of halogens is 2. The topological polar surface area (TPSA) is 114 Å². The van der Waals surface area contributed by atoms with Gasteiger partial charge in [-0.2, -0.15) is 5.26 Å². The van der Waals surface area contributed by atoms with E-state index in [2.05, 4.69) is 20.6 Å². The molecule has 39 heavy (non-hydrogen) atoms. The van der Waals surface area contributed by atoms with Crippen molar-refractivity contribution in [2.75, 3.05) is 17.3 Å². The van der Waals surface area contributed by atoms with Crippen LogP contribution >= 0.6 is 0 Å². The van der Waals surface area contributed by atoms with Gasteiger partial charge in [0.1, 0.15) is 23.5 Å². The van der Waals surface area contributed by atoms with E-state index in [9.17, 15) is 14.0 Å². The molecule has 2 heterocycles. The number of nitrogens with one attached hydrogen (secondary N) is 3. The molecule has 0 fully saturated rings. The summed E-state index contributed by atoms with van der Waals surface area (Å²) in [4.78, 5) is 33.9. The third-order valence-corrected chi connectivity index (χ3v) is 6.20. The van der Waals surface area contributed by atoms with Crippen LogP contribution in [0.2, 0.25) is 0 Å². The molecule has 1 aromatic heterocycles. The first-order chi connectivity index (χ1) is 18.8. The molecule has 0 saturated heterocycles. The second-order valence-electron chi connectivity index (χ2n) is 8.57. The lowest BCUT2D eigenvalue weighted by Crippen LogP contribution is -2.31. The molecule has 0 bridgehead atoms. The summed E-state index contributed by atoms with van der Waals surface area (Å²) in [6, 6.07) is 12.6. The van der Waals surface area contributed by atoms with E-state index in [0.29, 0.717) is 28.1 Å². The van der Waals surface area contributed by atoms with E-state index in [1.165, 1.54) is 31.3 Å².